The summed E-state index contributed by atoms with van der Waals surface area (Å²) in [7, 11) is -3.97. The summed E-state index contributed by atoms with van der Waals surface area (Å²) in [5.41, 5.74) is 0.0149. The van der Waals surface area contributed by atoms with Crippen molar-refractivity contribution in [3.63, 3.8) is 0 Å². The number of nitrogens with two attached hydrogens (primary N) is 1. The van der Waals surface area contributed by atoms with E-state index in [0.717, 1.165) is 38.8 Å². The van der Waals surface area contributed by atoms with Crippen molar-refractivity contribution in [3.8, 4) is 0 Å². The van der Waals surface area contributed by atoms with Crippen molar-refractivity contribution in [2.24, 2.45) is 5.14 Å². The fourth-order valence-electron chi connectivity index (χ4n) is 2.85. The maximum Gasteiger partial charge on any atom is 0.293 e. The van der Waals surface area contributed by atoms with Crippen molar-refractivity contribution in [1.82, 2.24) is 4.90 Å². The molecule has 0 spiro atoms. The number of hydrogen-bond donors (Lipinski definition) is 2. The summed E-state index contributed by atoms with van der Waals surface area (Å²) >= 11 is 0. The van der Waals surface area contributed by atoms with E-state index in [-0.39, 0.29) is 16.6 Å². The van der Waals surface area contributed by atoms with E-state index in [9.17, 15) is 18.5 Å². The predicted octanol–water partition coefficient (Wildman–Crippen LogP) is 0.127. The third-order valence-electron chi connectivity index (χ3n) is 4.21. The first kappa shape index (κ1) is 16.1. The van der Waals surface area contributed by atoms with Gasteiger partial charge in [0.15, 0.2) is 0 Å². The van der Waals surface area contributed by atoms with Crippen molar-refractivity contribution >= 4 is 21.4 Å². The van der Waals surface area contributed by atoms with Crippen molar-refractivity contribution in [3.05, 3.63) is 28.3 Å². The van der Waals surface area contributed by atoms with E-state index in [4.69, 9.17) is 9.88 Å². The molecule has 3 rings (SSSR count). The van der Waals surface area contributed by atoms with Crippen LogP contribution in [0.15, 0.2) is 23.1 Å². The number of likely N-dealkylation sites (tertiary alicyclic amines) is 1. The number of hydrogen-bond acceptors (Lipinski definition) is 7. The Hall–Kier alpha value is -1.75. The minimum atomic E-state index is -3.97. The highest BCUT2D eigenvalue weighted by molar-refractivity contribution is 7.89. The molecule has 3 N–H and O–H groups in total. The first-order valence-electron chi connectivity index (χ1n) is 7.24. The molecule has 2 aliphatic heterocycles. The molecule has 2 aliphatic rings. The van der Waals surface area contributed by atoms with E-state index in [2.05, 4.69) is 10.2 Å². The Morgan fingerprint density at radius 2 is 2.13 bits per heavy atom. The highest BCUT2D eigenvalue weighted by Gasteiger charge is 2.33. The van der Waals surface area contributed by atoms with E-state index in [1.165, 1.54) is 12.1 Å². The van der Waals surface area contributed by atoms with Gasteiger partial charge in [0.1, 0.15) is 5.69 Å². The van der Waals surface area contributed by atoms with Crippen LogP contribution in [0.4, 0.5) is 11.4 Å². The Labute approximate surface area is 133 Å². The standard InChI is InChI=1S/C13H18N4O5S/c14-23(20,21)11-1-2-12(13(5-11)17(18)19)15-9-3-4-16(6-9)10-7-22-8-10/h1-2,5,9-10,15H,3-4,6-8H2,(H2,14,20,21). The molecule has 0 aliphatic carbocycles. The lowest BCUT2D eigenvalue weighted by Crippen LogP contribution is -2.48. The van der Waals surface area contributed by atoms with Crippen LogP contribution in [0.25, 0.3) is 0 Å². The topological polar surface area (TPSA) is 128 Å². The van der Waals surface area contributed by atoms with Gasteiger partial charge < -0.3 is 10.1 Å². The monoisotopic (exact) mass is 342 g/mol. The van der Waals surface area contributed by atoms with Crippen molar-refractivity contribution in [2.45, 2.75) is 23.4 Å². The van der Waals surface area contributed by atoms with Crippen LogP contribution in [0.1, 0.15) is 6.42 Å². The molecule has 9 nitrogen and oxygen atoms in total. The van der Waals surface area contributed by atoms with Gasteiger partial charge in [-0.15, -0.1) is 0 Å². The Kier molecular flexibility index (Phi) is 4.23. The summed E-state index contributed by atoms with van der Waals surface area (Å²) in [6, 6.07) is 4.17. The largest absolute Gasteiger partial charge is 0.378 e. The molecule has 0 radical (unpaired) electrons. The van der Waals surface area contributed by atoms with Gasteiger partial charge in [0, 0.05) is 25.2 Å². The molecule has 23 heavy (non-hydrogen) atoms. The highest BCUT2D eigenvalue weighted by Crippen LogP contribution is 2.29. The van der Waals surface area contributed by atoms with Crippen molar-refractivity contribution < 1.29 is 18.1 Å². The fraction of sp³-hybridized carbons (Fsp3) is 0.538. The minimum Gasteiger partial charge on any atom is -0.378 e. The zero-order chi connectivity index (χ0) is 16.6. The Morgan fingerprint density at radius 1 is 1.39 bits per heavy atom. The predicted molar refractivity (Wildman–Crippen MR) is 82.7 cm³/mol. The summed E-state index contributed by atoms with van der Waals surface area (Å²) in [5, 5.41) is 19.4. The number of nitrogens with zero attached hydrogens (tertiary/aromatic N) is 2. The highest BCUT2D eigenvalue weighted by atomic mass is 32.2. The molecule has 1 aromatic carbocycles. The number of benzene rings is 1. The van der Waals surface area contributed by atoms with Crippen LogP contribution in [0, 0.1) is 10.1 Å². The quantitative estimate of drug-likeness (QED) is 0.575. The van der Waals surface area contributed by atoms with Crippen LogP contribution in [0.2, 0.25) is 0 Å². The molecule has 1 unspecified atom stereocenters. The Balaban J connectivity index is 1.76. The molecule has 10 heteroatoms. The molecule has 2 fully saturated rings. The van der Waals surface area contributed by atoms with E-state index >= 15 is 0 Å². The molecular formula is C13H18N4O5S. The summed E-state index contributed by atoms with van der Waals surface area (Å²) in [5.74, 6) is 0. The second-order valence-electron chi connectivity index (χ2n) is 5.80. The first-order valence-corrected chi connectivity index (χ1v) is 8.79. The zero-order valence-corrected chi connectivity index (χ0v) is 13.2. The Bertz CT molecular complexity index is 719. The molecule has 1 atom stereocenters. The van der Waals surface area contributed by atoms with Gasteiger partial charge in [-0.3, -0.25) is 15.0 Å². The molecule has 1 aromatic rings. The van der Waals surface area contributed by atoms with Crippen LogP contribution in [0.3, 0.4) is 0 Å². The number of nitro groups is 1. The van der Waals surface area contributed by atoms with Gasteiger partial charge in [-0.05, 0) is 18.6 Å². The average Bonchev–Trinajstić information content (AvgIpc) is 2.83. The lowest BCUT2D eigenvalue weighted by Gasteiger charge is -2.34. The van der Waals surface area contributed by atoms with Crippen LogP contribution >= 0.6 is 0 Å². The van der Waals surface area contributed by atoms with Crippen LogP contribution in [-0.2, 0) is 14.8 Å². The normalized spacial score (nSPS) is 22.7. The van der Waals surface area contributed by atoms with E-state index in [0.29, 0.717) is 11.7 Å². The molecule has 0 saturated carbocycles. The molecule has 2 saturated heterocycles. The van der Waals surface area contributed by atoms with Crippen molar-refractivity contribution in [1.29, 1.82) is 0 Å². The van der Waals surface area contributed by atoms with Gasteiger partial charge in [-0.1, -0.05) is 0 Å². The average molecular weight is 342 g/mol. The van der Waals surface area contributed by atoms with Gasteiger partial charge in [-0.25, -0.2) is 13.6 Å². The van der Waals surface area contributed by atoms with E-state index in [1.54, 1.807) is 0 Å². The molecule has 0 aromatic heterocycles. The number of nitrogens with one attached hydrogen (secondary N) is 1. The van der Waals surface area contributed by atoms with E-state index < -0.39 is 14.9 Å². The number of primary sulfonamides is 1. The van der Waals surface area contributed by atoms with Gasteiger partial charge in [0.25, 0.3) is 5.69 Å². The molecule has 0 amide bonds. The van der Waals surface area contributed by atoms with Crippen molar-refractivity contribution in [2.75, 3.05) is 31.6 Å². The summed E-state index contributed by atoms with van der Waals surface area (Å²) in [6.45, 7) is 3.16. The van der Waals surface area contributed by atoms with Gasteiger partial charge in [0.2, 0.25) is 10.0 Å². The Morgan fingerprint density at radius 3 is 2.70 bits per heavy atom. The SMILES string of the molecule is NS(=O)(=O)c1ccc(NC2CCN(C3COC3)C2)c([N+](=O)[O-])c1. The smallest absolute Gasteiger partial charge is 0.293 e. The minimum absolute atomic E-state index is 0.0784. The number of sulfonamides is 1. The lowest BCUT2D eigenvalue weighted by molar-refractivity contribution is -0.384. The second kappa shape index (κ2) is 6.04. The molecule has 126 valence electrons. The van der Waals surface area contributed by atoms with Gasteiger partial charge in [-0.2, -0.15) is 0 Å². The van der Waals surface area contributed by atoms with E-state index in [1.807, 2.05) is 0 Å². The molecular weight excluding hydrogens is 324 g/mol. The molecule has 0 bridgehead atoms. The lowest BCUT2D eigenvalue weighted by atomic mass is 10.2. The molecule has 2 heterocycles. The number of nitro benzene ring substituents is 1. The third-order valence-corrected chi connectivity index (χ3v) is 5.12. The van der Waals surface area contributed by atoms with Gasteiger partial charge >= 0.3 is 0 Å². The van der Waals surface area contributed by atoms with Crippen LogP contribution in [0.5, 0.6) is 0 Å². The van der Waals surface area contributed by atoms with Crippen LogP contribution < -0.4 is 10.5 Å². The maximum absolute atomic E-state index is 11.3. The van der Waals surface area contributed by atoms with Gasteiger partial charge in [0.05, 0.1) is 29.1 Å². The summed E-state index contributed by atoms with van der Waals surface area (Å²) < 4.78 is 27.9. The third kappa shape index (κ3) is 3.44. The summed E-state index contributed by atoms with van der Waals surface area (Å²) in [6.07, 6.45) is 0.866. The first-order chi connectivity index (χ1) is 10.8. The number of rotatable bonds is 5. The zero-order valence-electron chi connectivity index (χ0n) is 12.3. The fourth-order valence-corrected chi connectivity index (χ4v) is 3.39. The maximum atomic E-state index is 11.3. The second-order valence-corrected chi connectivity index (χ2v) is 7.36. The number of anilines is 1. The number of ether oxygens (including phenoxy) is 1. The van der Waals surface area contributed by atoms with Crippen LogP contribution in [-0.4, -0.2) is 56.6 Å². The summed E-state index contributed by atoms with van der Waals surface area (Å²) in [4.78, 5) is 12.6.